The Kier molecular flexibility index (Phi) is 5.34. The lowest BCUT2D eigenvalue weighted by molar-refractivity contribution is 0.0953. The largest absolute Gasteiger partial charge is 0.352 e. The predicted octanol–water partition coefficient (Wildman–Crippen LogP) is 1.92. The van der Waals surface area contributed by atoms with Crippen LogP contribution in [0.15, 0.2) is 22.7 Å². The maximum Gasteiger partial charge on any atom is 0.251 e. The van der Waals surface area contributed by atoms with Crippen molar-refractivity contribution in [2.24, 2.45) is 0 Å². The molecule has 0 saturated heterocycles. The molecule has 0 atom stereocenters. The Morgan fingerprint density at radius 3 is 2.67 bits per heavy atom. The van der Waals surface area contributed by atoms with Crippen LogP contribution in [0.5, 0.6) is 0 Å². The van der Waals surface area contributed by atoms with Gasteiger partial charge in [0.05, 0.1) is 5.75 Å². The third-order valence-electron chi connectivity index (χ3n) is 2.42. The van der Waals surface area contributed by atoms with Crippen LogP contribution in [0.2, 0.25) is 0 Å². The minimum Gasteiger partial charge on any atom is -0.352 e. The Hall–Kier alpha value is -0.880. The van der Waals surface area contributed by atoms with E-state index in [-0.39, 0.29) is 11.7 Å². The van der Waals surface area contributed by atoms with Gasteiger partial charge in [-0.25, -0.2) is 8.42 Å². The summed E-state index contributed by atoms with van der Waals surface area (Å²) in [7, 11) is -2.96. The van der Waals surface area contributed by atoms with E-state index in [1.807, 2.05) is 19.1 Å². The molecule has 0 fully saturated rings. The Bertz CT molecular complexity index is 540. The van der Waals surface area contributed by atoms with E-state index < -0.39 is 9.84 Å². The van der Waals surface area contributed by atoms with Crippen LogP contribution in [0.4, 0.5) is 0 Å². The highest BCUT2D eigenvalue weighted by Crippen LogP contribution is 2.15. The summed E-state index contributed by atoms with van der Waals surface area (Å²) in [5.74, 6) is -0.0904. The molecule has 6 heteroatoms. The molecule has 1 N–H and O–H groups in total. The van der Waals surface area contributed by atoms with Crippen molar-refractivity contribution in [2.75, 3.05) is 18.6 Å². The number of benzene rings is 1. The van der Waals surface area contributed by atoms with Crippen molar-refractivity contribution in [3.63, 3.8) is 0 Å². The number of halogens is 1. The van der Waals surface area contributed by atoms with Crippen LogP contribution < -0.4 is 5.32 Å². The first-order valence-electron chi connectivity index (χ1n) is 5.51. The van der Waals surface area contributed by atoms with E-state index in [1.54, 1.807) is 6.07 Å². The smallest absolute Gasteiger partial charge is 0.251 e. The van der Waals surface area contributed by atoms with Gasteiger partial charge in [-0.1, -0.05) is 22.0 Å². The molecule has 4 nitrogen and oxygen atoms in total. The molecule has 0 saturated carbocycles. The van der Waals surface area contributed by atoms with Gasteiger partial charge >= 0.3 is 0 Å². The molecular weight excluding hydrogens is 318 g/mol. The second-order valence-electron chi connectivity index (χ2n) is 4.20. The number of nitrogens with one attached hydrogen (secondary N) is 1. The lowest BCUT2D eigenvalue weighted by Gasteiger charge is -2.07. The van der Waals surface area contributed by atoms with Crippen molar-refractivity contribution < 1.29 is 13.2 Å². The minimum absolute atomic E-state index is 0.0880. The third-order valence-corrected chi connectivity index (χ3v) is 3.95. The number of hydrogen-bond donors (Lipinski definition) is 1. The van der Waals surface area contributed by atoms with E-state index in [0.29, 0.717) is 18.5 Å². The Morgan fingerprint density at radius 2 is 2.06 bits per heavy atom. The van der Waals surface area contributed by atoms with Crippen LogP contribution in [0.25, 0.3) is 0 Å². The van der Waals surface area contributed by atoms with Gasteiger partial charge in [-0.2, -0.15) is 0 Å². The molecule has 0 radical (unpaired) electrons. The topological polar surface area (TPSA) is 63.2 Å². The lowest BCUT2D eigenvalue weighted by Crippen LogP contribution is -2.26. The highest BCUT2D eigenvalue weighted by Gasteiger charge is 2.09. The number of carbonyl (C=O) groups excluding carboxylic acids is 1. The molecule has 0 unspecified atom stereocenters. The van der Waals surface area contributed by atoms with Gasteiger partial charge in [0.2, 0.25) is 0 Å². The normalized spacial score (nSPS) is 11.3. The second-order valence-corrected chi connectivity index (χ2v) is 7.37. The van der Waals surface area contributed by atoms with Gasteiger partial charge in [0.15, 0.2) is 0 Å². The number of carbonyl (C=O) groups is 1. The van der Waals surface area contributed by atoms with E-state index in [9.17, 15) is 13.2 Å². The van der Waals surface area contributed by atoms with E-state index in [0.717, 1.165) is 10.0 Å². The van der Waals surface area contributed by atoms with Crippen molar-refractivity contribution in [2.45, 2.75) is 13.3 Å². The summed E-state index contributed by atoms with van der Waals surface area (Å²) in [4.78, 5) is 11.9. The highest BCUT2D eigenvalue weighted by atomic mass is 79.9. The van der Waals surface area contributed by atoms with Crippen LogP contribution in [0.3, 0.4) is 0 Å². The number of hydrogen-bond acceptors (Lipinski definition) is 3. The van der Waals surface area contributed by atoms with Crippen molar-refractivity contribution in [3.8, 4) is 0 Å². The van der Waals surface area contributed by atoms with Gasteiger partial charge in [-0.15, -0.1) is 0 Å². The number of rotatable bonds is 5. The third kappa shape index (κ3) is 5.18. The summed E-state index contributed by atoms with van der Waals surface area (Å²) in [5, 5.41) is 2.72. The van der Waals surface area contributed by atoms with Crippen LogP contribution in [0.1, 0.15) is 22.3 Å². The zero-order chi connectivity index (χ0) is 13.8. The number of sulfone groups is 1. The Labute approximate surface area is 116 Å². The zero-order valence-corrected chi connectivity index (χ0v) is 12.8. The van der Waals surface area contributed by atoms with E-state index >= 15 is 0 Å². The summed E-state index contributed by atoms with van der Waals surface area (Å²) < 4.78 is 22.7. The molecule has 100 valence electrons. The molecule has 0 aromatic heterocycles. The molecule has 0 heterocycles. The minimum atomic E-state index is -2.96. The average Bonchev–Trinajstić information content (AvgIpc) is 2.26. The first kappa shape index (κ1) is 15.2. The maximum atomic E-state index is 11.9. The molecule has 0 bridgehead atoms. The molecule has 18 heavy (non-hydrogen) atoms. The fraction of sp³-hybridized carbons (Fsp3) is 0.417. The Balaban J connectivity index is 2.53. The molecule has 1 aromatic carbocycles. The molecule has 1 amide bonds. The van der Waals surface area contributed by atoms with Gasteiger partial charge in [-0.3, -0.25) is 4.79 Å². The predicted molar refractivity (Wildman–Crippen MR) is 75.5 cm³/mol. The van der Waals surface area contributed by atoms with Gasteiger partial charge in [0.25, 0.3) is 5.91 Å². The molecular formula is C12H16BrNO3S. The number of amides is 1. The Morgan fingerprint density at radius 1 is 1.39 bits per heavy atom. The van der Waals surface area contributed by atoms with E-state index in [4.69, 9.17) is 0 Å². The standard InChI is InChI=1S/C12H16BrNO3S/c1-9-4-5-10(13)8-11(9)12(15)14-6-3-7-18(2,16)17/h4-5,8H,3,6-7H2,1-2H3,(H,14,15). The van der Waals surface area contributed by atoms with Crippen molar-refractivity contribution in [1.29, 1.82) is 0 Å². The summed E-state index contributed by atoms with van der Waals surface area (Å²) in [6.45, 7) is 2.22. The fourth-order valence-electron chi connectivity index (χ4n) is 1.47. The van der Waals surface area contributed by atoms with Crippen LogP contribution in [-0.2, 0) is 9.84 Å². The van der Waals surface area contributed by atoms with Crippen LogP contribution in [-0.4, -0.2) is 32.9 Å². The summed E-state index contributed by atoms with van der Waals surface area (Å²) >= 11 is 3.31. The molecule has 1 aromatic rings. The van der Waals surface area contributed by atoms with Crippen LogP contribution in [0, 0.1) is 6.92 Å². The first-order chi connectivity index (χ1) is 8.29. The molecule has 0 aliphatic carbocycles. The summed E-state index contributed by atoms with van der Waals surface area (Å²) in [6.07, 6.45) is 1.62. The average molecular weight is 334 g/mol. The van der Waals surface area contributed by atoms with Gasteiger partial charge in [-0.05, 0) is 31.0 Å². The molecule has 0 spiro atoms. The lowest BCUT2D eigenvalue weighted by atomic mass is 10.1. The maximum absolute atomic E-state index is 11.9. The van der Waals surface area contributed by atoms with Gasteiger partial charge in [0.1, 0.15) is 9.84 Å². The quantitative estimate of drug-likeness (QED) is 0.837. The second kappa shape index (κ2) is 6.33. The van der Waals surface area contributed by atoms with E-state index in [2.05, 4.69) is 21.2 Å². The SMILES string of the molecule is Cc1ccc(Br)cc1C(=O)NCCCS(C)(=O)=O. The van der Waals surface area contributed by atoms with Crippen molar-refractivity contribution in [3.05, 3.63) is 33.8 Å². The summed E-state index contributed by atoms with van der Waals surface area (Å²) in [6, 6.07) is 5.48. The fourth-order valence-corrected chi connectivity index (χ4v) is 2.50. The van der Waals surface area contributed by atoms with Crippen LogP contribution >= 0.6 is 15.9 Å². The molecule has 0 aliphatic heterocycles. The molecule has 0 aliphatic rings. The summed E-state index contributed by atoms with van der Waals surface area (Å²) in [5.41, 5.74) is 1.49. The first-order valence-corrected chi connectivity index (χ1v) is 8.37. The van der Waals surface area contributed by atoms with Gasteiger partial charge in [0, 0.05) is 22.8 Å². The van der Waals surface area contributed by atoms with Crippen molar-refractivity contribution >= 4 is 31.7 Å². The molecule has 1 rings (SSSR count). The van der Waals surface area contributed by atoms with Gasteiger partial charge < -0.3 is 5.32 Å². The monoisotopic (exact) mass is 333 g/mol. The highest BCUT2D eigenvalue weighted by molar-refractivity contribution is 9.10. The zero-order valence-electron chi connectivity index (χ0n) is 10.4. The van der Waals surface area contributed by atoms with Crippen molar-refractivity contribution in [1.82, 2.24) is 5.32 Å². The van der Waals surface area contributed by atoms with E-state index in [1.165, 1.54) is 6.26 Å². The number of aryl methyl sites for hydroxylation is 1.